The Morgan fingerprint density at radius 2 is 2.38 bits per heavy atom. The van der Waals surface area contributed by atoms with Crippen LogP contribution >= 0.6 is 11.3 Å². The predicted octanol–water partition coefficient (Wildman–Crippen LogP) is 2.45. The highest BCUT2D eigenvalue weighted by Gasteiger charge is 2.23. The molecule has 112 valence electrons. The van der Waals surface area contributed by atoms with Crippen LogP contribution in [0, 0.1) is 5.82 Å². The van der Waals surface area contributed by atoms with Gasteiger partial charge in [0.1, 0.15) is 10.7 Å². The van der Waals surface area contributed by atoms with Gasteiger partial charge in [-0.3, -0.25) is 4.79 Å². The lowest BCUT2D eigenvalue weighted by molar-refractivity contribution is 0.0948. The number of amides is 1. The zero-order valence-corrected chi connectivity index (χ0v) is 12.7. The maximum Gasteiger partial charge on any atom is 0.263 e. The molecule has 1 atom stereocenters. The molecule has 1 saturated heterocycles. The minimum absolute atomic E-state index is 0.172. The molecule has 4 nitrogen and oxygen atoms in total. The third-order valence-electron chi connectivity index (χ3n) is 4.06. The highest BCUT2D eigenvalue weighted by molar-refractivity contribution is 7.21. The number of hydrogen-bond donors (Lipinski definition) is 2. The fourth-order valence-electron chi connectivity index (χ4n) is 2.79. The Kier molecular flexibility index (Phi) is 3.82. The number of benzene rings is 1. The van der Waals surface area contributed by atoms with Gasteiger partial charge in [0.25, 0.3) is 5.91 Å². The first-order chi connectivity index (χ1) is 10.1. The van der Waals surface area contributed by atoms with Crippen LogP contribution in [0.4, 0.5) is 10.1 Å². The van der Waals surface area contributed by atoms with Gasteiger partial charge in [0.05, 0.1) is 5.69 Å². The van der Waals surface area contributed by atoms with Crippen molar-refractivity contribution in [2.45, 2.75) is 18.9 Å². The van der Waals surface area contributed by atoms with E-state index in [9.17, 15) is 9.18 Å². The van der Waals surface area contributed by atoms with Crippen LogP contribution in [-0.4, -0.2) is 37.0 Å². The molecular weight excluding hydrogens is 289 g/mol. The van der Waals surface area contributed by atoms with Crippen molar-refractivity contribution in [3.63, 3.8) is 0 Å². The van der Waals surface area contributed by atoms with Gasteiger partial charge >= 0.3 is 0 Å². The molecule has 2 aromatic rings. The first kappa shape index (κ1) is 14.3. The Morgan fingerprint density at radius 3 is 3.10 bits per heavy atom. The largest absolute Gasteiger partial charge is 0.397 e. The number of rotatable bonds is 3. The second kappa shape index (κ2) is 5.61. The Hall–Kier alpha value is -1.66. The molecule has 3 N–H and O–H groups in total. The fraction of sp³-hybridized carbons (Fsp3) is 0.400. The molecule has 3 rings (SSSR count). The third kappa shape index (κ3) is 2.73. The van der Waals surface area contributed by atoms with Crippen LogP contribution in [-0.2, 0) is 0 Å². The fourth-order valence-corrected chi connectivity index (χ4v) is 3.81. The predicted molar refractivity (Wildman–Crippen MR) is 84.2 cm³/mol. The zero-order valence-electron chi connectivity index (χ0n) is 11.9. The van der Waals surface area contributed by atoms with Gasteiger partial charge in [-0.05, 0) is 44.6 Å². The molecule has 1 fully saturated rings. The van der Waals surface area contributed by atoms with Crippen LogP contribution in [0.2, 0.25) is 0 Å². The maximum absolute atomic E-state index is 13.3. The molecule has 6 heteroatoms. The number of carbonyl (C=O) groups is 1. The molecular formula is C15H18FN3OS. The minimum atomic E-state index is -0.341. The lowest BCUT2D eigenvalue weighted by Crippen LogP contribution is -2.38. The van der Waals surface area contributed by atoms with Crippen LogP contribution in [0.25, 0.3) is 10.1 Å². The average molecular weight is 307 g/mol. The van der Waals surface area contributed by atoms with Crippen LogP contribution in [0.1, 0.15) is 22.5 Å². The van der Waals surface area contributed by atoms with Crippen molar-refractivity contribution < 1.29 is 9.18 Å². The summed E-state index contributed by atoms with van der Waals surface area (Å²) in [5.41, 5.74) is 6.36. The van der Waals surface area contributed by atoms with E-state index >= 15 is 0 Å². The van der Waals surface area contributed by atoms with Crippen molar-refractivity contribution in [2.75, 3.05) is 25.9 Å². The van der Waals surface area contributed by atoms with E-state index in [1.165, 1.54) is 29.9 Å². The SMILES string of the molecule is CN1CCCC1CNC(=O)c1sc2ccc(F)cc2c1N. The normalized spacial score (nSPS) is 19.2. The van der Waals surface area contributed by atoms with Crippen LogP contribution in [0.15, 0.2) is 18.2 Å². The van der Waals surface area contributed by atoms with E-state index in [2.05, 4.69) is 17.3 Å². The van der Waals surface area contributed by atoms with E-state index in [1.807, 2.05) is 0 Å². The van der Waals surface area contributed by atoms with Crippen LogP contribution in [0.5, 0.6) is 0 Å². The van der Waals surface area contributed by atoms with Gasteiger partial charge in [0.15, 0.2) is 0 Å². The maximum atomic E-state index is 13.3. The summed E-state index contributed by atoms with van der Waals surface area (Å²) in [5.74, 6) is -0.513. The molecule has 2 heterocycles. The Bertz CT molecular complexity index is 685. The summed E-state index contributed by atoms with van der Waals surface area (Å²) in [6.45, 7) is 1.70. The van der Waals surface area contributed by atoms with Gasteiger partial charge < -0.3 is 16.0 Å². The van der Waals surface area contributed by atoms with Crippen molar-refractivity contribution in [3.05, 3.63) is 28.9 Å². The number of carbonyl (C=O) groups excluding carboxylic acids is 1. The van der Waals surface area contributed by atoms with Gasteiger partial charge in [0, 0.05) is 22.7 Å². The summed E-state index contributed by atoms with van der Waals surface area (Å²) in [5, 5.41) is 3.56. The molecule has 0 spiro atoms. The van der Waals surface area contributed by atoms with E-state index in [4.69, 9.17) is 5.73 Å². The van der Waals surface area contributed by atoms with Crippen molar-refractivity contribution >= 4 is 33.0 Å². The molecule has 0 bridgehead atoms. The molecule has 1 aliphatic heterocycles. The van der Waals surface area contributed by atoms with Gasteiger partial charge in [0.2, 0.25) is 0 Å². The highest BCUT2D eigenvalue weighted by atomic mass is 32.1. The van der Waals surface area contributed by atoms with Gasteiger partial charge in [-0.2, -0.15) is 0 Å². The van der Waals surface area contributed by atoms with Crippen molar-refractivity contribution in [1.29, 1.82) is 0 Å². The van der Waals surface area contributed by atoms with Gasteiger partial charge in [-0.1, -0.05) is 0 Å². The standard InChI is InChI=1S/C15H18FN3OS/c1-19-6-2-3-10(19)8-18-15(20)14-13(17)11-7-9(16)4-5-12(11)21-14/h4-5,7,10H,2-3,6,8,17H2,1H3,(H,18,20). The quantitative estimate of drug-likeness (QED) is 0.916. The third-order valence-corrected chi connectivity index (χ3v) is 5.25. The number of hydrogen-bond acceptors (Lipinski definition) is 4. The van der Waals surface area contributed by atoms with E-state index in [-0.39, 0.29) is 11.7 Å². The molecule has 0 saturated carbocycles. The Morgan fingerprint density at radius 1 is 1.57 bits per heavy atom. The lowest BCUT2D eigenvalue weighted by Gasteiger charge is -2.19. The van der Waals surface area contributed by atoms with E-state index in [0.717, 1.165) is 17.7 Å². The first-order valence-corrected chi connectivity index (χ1v) is 7.84. The zero-order chi connectivity index (χ0) is 15.0. The number of thiophene rings is 1. The summed E-state index contributed by atoms with van der Waals surface area (Å²) in [6.07, 6.45) is 2.27. The molecule has 1 amide bonds. The Labute approximate surface area is 126 Å². The number of likely N-dealkylation sites (tertiary alicyclic amines) is 1. The average Bonchev–Trinajstić information content (AvgIpc) is 3.01. The number of nitrogen functional groups attached to an aromatic ring is 1. The topological polar surface area (TPSA) is 58.4 Å². The monoisotopic (exact) mass is 307 g/mol. The molecule has 0 aliphatic carbocycles. The Balaban J connectivity index is 1.76. The second-order valence-electron chi connectivity index (χ2n) is 5.47. The van der Waals surface area contributed by atoms with Crippen LogP contribution < -0.4 is 11.1 Å². The van der Waals surface area contributed by atoms with E-state index < -0.39 is 0 Å². The number of nitrogens with two attached hydrogens (primary N) is 1. The van der Waals surface area contributed by atoms with Gasteiger partial charge in [-0.25, -0.2) is 4.39 Å². The number of halogens is 1. The molecule has 1 aliphatic rings. The summed E-state index contributed by atoms with van der Waals surface area (Å²) in [4.78, 5) is 15.0. The van der Waals surface area contributed by atoms with Crippen molar-refractivity contribution in [2.24, 2.45) is 0 Å². The smallest absolute Gasteiger partial charge is 0.263 e. The first-order valence-electron chi connectivity index (χ1n) is 7.02. The van der Waals surface area contributed by atoms with Crippen LogP contribution in [0.3, 0.4) is 0 Å². The number of anilines is 1. The summed E-state index contributed by atoms with van der Waals surface area (Å²) in [6, 6.07) is 4.81. The van der Waals surface area contributed by atoms with Crippen molar-refractivity contribution in [3.8, 4) is 0 Å². The summed E-state index contributed by atoms with van der Waals surface area (Å²) >= 11 is 1.31. The highest BCUT2D eigenvalue weighted by Crippen LogP contribution is 2.34. The molecule has 21 heavy (non-hydrogen) atoms. The summed E-state index contributed by atoms with van der Waals surface area (Å²) < 4.78 is 14.1. The number of nitrogens with zero attached hydrogens (tertiary/aromatic N) is 1. The minimum Gasteiger partial charge on any atom is -0.397 e. The van der Waals surface area contributed by atoms with E-state index in [1.54, 1.807) is 6.07 Å². The van der Waals surface area contributed by atoms with Gasteiger partial charge in [-0.15, -0.1) is 11.3 Å². The number of fused-ring (bicyclic) bond motifs is 1. The molecule has 1 aromatic heterocycles. The second-order valence-corrected chi connectivity index (χ2v) is 6.52. The van der Waals surface area contributed by atoms with E-state index in [0.29, 0.717) is 28.5 Å². The molecule has 1 unspecified atom stereocenters. The number of likely N-dealkylation sites (N-methyl/N-ethyl adjacent to an activating group) is 1. The molecule has 0 radical (unpaired) electrons. The summed E-state index contributed by atoms with van der Waals surface area (Å²) in [7, 11) is 2.07. The lowest BCUT2D eigenvalue weighted by atomic mass is 10.2. The van der Waals surface area contributed by atoms with Crippen molar-refractivity contribution in [1.82, 2.24) is 10.2 Å². The molecule has 1 aromatic carbocycles. The number of nitrogens with one attached hydrogen (secondary N) is 1.